The number of nitrogens with zero attached hydrogens (tertiary/aromatic N) is 2. The summed E-state index contributed by atoms with van der Waals surface area (Å²) >= 11 is 0. The molecular weight excluding hydrogens is 257 g/mol. The SMILES string of the molecule is CN1CCN(C)P1CCCNC(=O)c1ccccc1. The van der Waals surface area contributed by atoms with Crippen molar-refractivity contribution in [3.63, 3.8) is 0 Å². The third-order valence-electron chi connectivity index (χ3n) is 3.39. The van der Waals surface area contributed by atoms with Crippen LogP contribution >= 0.6 is 8.22 Å². The first-order chi connectivity index (χ1) is 9.18. The lowest BCUT2D eigenvalue weighted by atomic mass is 10.2. The number of carbonyl (C=O) groups excluding carboxylic acids is 1. The van der Waals surface area contributed by atoms with Crippen LogP contribution in [0.4, 0.5) is 0 Å². The molecular formula is C14H22N3OP. The van der Waals surface area contributed by atoms with Crippen LogP contribution < -0.4 is 5.32 Å². The second-order valence-electron chi connectivity index (χ2n) is 4.83. The second kappa shape index (κ2) is 6.99. The van der Waals surface area contributed by atoms with Crippen molar-refractivity contribution >= 4 is 14.1 Å². The minimum absolute atomic E-state index is 0.0292. The fourth-order valence-electron chi connectivity index (χ4n) is 2.24. The molecule has 1 aromatic rings. The molecule has 2 rings (SSSR count). The van der Waals surface area contributed by atoms with E-state index in [2.05, 4.69) is 28.8 Å². The van der Waals surface area contributed by atoms with Gasteiger partial charge in [0, 0.05) is 33.4 Å². The summed E-state index contributed by atoms with van der Waals surface area (Å²) in [5.41, 5.74) is 0.739. The van der Waals surface area contributed by atoms with Gasteiger partial charge in [0.2, 0.25) is 0 Å². The summed E-state index contributed by atoms with van der Waals surface area (Å²) in [5, 5.41) is 2.99. The molecule has 4 nitrogen and oxygen atoms in total. The zero-order valence-electron chi connectivity index (χ0n) is 11.7. The van der Waals surface area contributed by atoms with E-state index in [0.29, 0.717) is 0 Å². The van der Waals surface area contributed by atoms with Crippen LogP contribution in [0.15, 0.2) is 30.3 Å². The third-order valence-corrected chi connectivity index (χ3v) is 6.08. The minimum Gasteiger partial charge on any atom is -0.352 e. The molecule has 1 fully saturated rings. The molecule has 1 amide bonds. The summed E-state index contributed by atoms with van der Waals surface area (Å²) in [7, 11) is 4.25. The first-order valence-corrected chi connectivity index (χ1v) is 8.14. The highest BCUT2D eigenvalue weighted by Crippen LogP contribution is 2.46. The predicted octanol–water partition coefficient (Wildman–Crippen LogP) is 2.00. The van der Waals surface area contributed by atoms with E-state index in [1.54, 1.807) is 0 Å². The van der Waals surface area contributed by atoms with Crippen molar-refractivity contribution in [2.75, 3.05) is 39.9 Å². The van der Waals surface area contributed by atoms with Crippen LogP contribution in [0.25, 0.3) is 0 Å². The molecule has 0 saturated carbocycles. The van der Waals surface area contributed by atoms with Crippen molar-refractivity contribution in [3.8, 4) is 0 Å². The highest BCUT2D eigenvalue weighted by molar-refractivity contribution is 7.52. The summed E-state index contributed by atoms with van der Waals surface area (Å²) in [6, 6.07) is 9.39. The molecule has 0 aliphatic carbocycles. The first-order valence-electron chi connectivity index (χ1n) is 6.71. The van der Waals surface area contributed by atoms with Gasteiger partial charge in [0.25, 0.3) is 5.91 Å². The fourth-order valence-corrected chi connectivity index (χ4v) is 4.52. The molecule has 1 heterocycles. The number of nitrogens with one attached hydrogen (secondary N) is 1. The second-order valence-corrected chi connectivity index (χ2v) is 7.39. The highest BCUT2D eigenvalue weighted by Gasteiger charge is 2.25. The zero-order chi connectivity index (χ0) is 13.7. The average molecular weight is 279 g/mol. The Morgan fingerprint density at radius 2 is 1.84 bits per heavy atom. The molecule has 0 atom stereocenters. The van der Waals surface area contributed by atoms with Crippen molar-refractivity contribution in [2.45, 2.75) is 6.42 Å². The van der Waals surface area contributed by atoms with Gasteiger partial charge in [0.1, 0.15) is 0 Å². The van der Waals surface area contributed by atoms with Gasteiger partial charge in [0.15, 0.2) is 0 Å². The van der Waals surface area contributed by atoms with Crippen molar-refractivity contribution < 1.29 is 4.79 Å². The number of hydrogen-bond acceptors (Lipinski definition) is 3. The molecule has 0 unspecified atom stereocenters. The Labute approximate surface area is 116 Å². The zero-order valence-corrected chi connectivity index (χ0v) is 12.6. The Bertz CT molecular complexity index is 402. The number of hydrogen-bond donors (Lipinski definition) is 1. The molecule has 1 saturated heterocycles. The topological polar surface area (TPSA) is 35.6 Å². The van der Waals surface area contributed by atoms with Crippen molar-refractivity contribution in [2.24, 2.45) is 0 Å². The lowest BCUT2D eigenvalue weighted by Gasteiger charge is -2.24. The maximum Gasteiger partial charge on any atom is 0.251 e. The van der Waals surface area contributed by atoms with Crippen LogP contribution in [0.5, 0.6) is 0 Å². The number of carbonyl (C=O) groups is 1. The van der Waals surface area contributed by atoms with Crippen LogP contribution in [0.1, 0.15) is 16.8 Å². The first kappa shape index (κ1) is 14.4. The van der Waals surface area contributed by atoms with Crippen molar-refractivity contribution in [1.82, 2.24) is 14.7 Å². The van der Waals surface area contributed by atoms with Gasteiger partial charge in [-0.15, -0.1) is 0 Å². The van der Waals surface area contributed by atoms with Gasteiger partial charge in [-0.2, -0.15) is 0 Å². The average Bonchev–Trinajstić information content (AvgIpc) is 2.75. The molecule has 104 valence electrons. The van der Waals surface area contributed by atoms with Gasteiger partial charge < -0.3 is 5.32 Å². The standard InChI is InChI=1S/C14H22N3OP/c1-16-10-11-17(2)19(16)12-6-9-15-14(18)13-7-4-3-5-8-13/h3-5,7-8H,6,9-12H2,1-2H3,(H,15,18). The van der Waals surface area contributed by atoms with Crippen LogP contribution in [0.2, 0.25) is 0 Å². The maximum atomic E-state index is 11.8. The van der Waals surface area contributed by atoms with Crippen molar-refractivity contribution in [3.05, 3.63) is 35.9 Å². The number of rotatable bonds is 5. The molecule has 1 N–H and O–H groups in total. The largest absolute Gasteiger partial charge is 0.352 e. The van der Waals surface area contributed by atoms with E-state index in [1.165, 1.54) is 13.1 Å². The van der Waals surface area contributed by atoms with E-state index >= 15 is 0 Å². The monoisotopic (exact) mass is 279 g/mol. The molecule has 19 heavy (non-hydrogen) atoms. The van der Waals surface area contributed by atoms with E-state index in [4.69, 9.17) is 0 Å². The van der Waals surface area contributed by atoms with Crippen LogP contribution in [-0.2, 0) is 0 Å². The molecule has 0 aromatic heterocycles. The van der Waals surface area contributed by atoms with Gasteiger partial charge in [-0.1, -0.05) is 18.2 Å². The van der Waals surface area contributed by atoms with E-state index in [9.17, 15) is 4.79 Å². The quantitative estimate of drug-likeness (QED) is 0.661. The van der Waals surface area contributed by atoms with Crippen LogP contribution in [0.3, 0.4) is 0 Å². The van der Waals surface area contributed by atoms with Gasteiger partial charge >= 0.3 is 0 Å². The fraction of sp³-hybridized carbons (Fsp3) is 0.500. The summed E-state index contributed by atoms with van der Waals surface area (Å²) in [4.78, 5) is 11.8. The predicted molar refractivity (Wildman–Crippen MR) is 80.4 cm³/mol. The number of benzene rings is 1. The van der Waals surface area contributed by atoms with E-state index < -0.39 is 0 Å². The lowest BCUT2D eigenvalue weighted by molar-refractivity contribution is 0.0953. The summed E-state index contributed by atoms with van der Waals surface area (Å²) < 4.78 is 4.88. The van der Waals surface area contributed by atoms with Crippen LogP contribution in [-0.4, -0.2) is 55.1 Å². The van der Waals surface area contributed by atoms with Crippen LogP contribution in [0, 0.1) is 0 Å². The molecule has 1 aliphatic rings. The highest BCUT2D eigenvalue weighted by atomic mass is 31.1. The van der Waals surface area contributed by atoms with Gasteiger partial charge in [-0.25, -0.2) is 0 Å². The smallest absolute Gasteiger partial charge is 0.251 e. The Morgan fingerprint density at radius 3 is 2.47 bits per heavy atom. The summed E-state index contributed by atoms with van der Waals surface area (Å²) in [6.45, 7) is 3.09. The molecule has 0 spiro atoms. The molecule has 0 radical (unpaired) electrons. The summed E-state index contributed by atoms with van der Waals surface area (Å²) in [5.74, 6) is 0.0292. The van der Waals surface area contributed by atoms with Gasteiger partial charge in [0.05, 0.1) is 0 Å². The normalized spacial score (nSPS) is 17.8. The summed E-state index contributed by atoms with van der Waals surface area (Å²) in [6.07, 6.45) is 2.20. The molecule has 1 aliphatic heterocycles. The molecule has 5 heteroatoms. The van der Waals surface area contributed by atoms with Gasteiger partial charge in [-0.3, -0.25) is 14.1 Å². The number of likely N-dealkylation sites (N-methyl/N-ethyl adjacent to an activating group) is 2. The Morgan fingerprint density at radius 1 is 1.21 bits per heavy atom. The minimum atomic E-state index is -0.137. The Hall–Kier alpha value is -0.960. The van der Waals surface area contributed by atoms with E-state index in [1.807, 2.05) is 30.3 Å². The van der Waals surface area contributed by atoms with Crippen molar-refractivity contribution in [1.29, 1.82) is 0 Å². The van der Waals surface area contributed by atoms with E-state index in [0.717, 1.165) is 24.7 Å². The molecule has 1 aromatic carbocycles. The lowest BCUT2D eigenvalue weighted by Crippen LogP contribution is -2.25. The van der Waals surface area contributed by atoms with Gasteiger partial charge in [-0.05, 0) is 38.8 Å². The van der Waals surface area contributed by atoms with E-state index in [-0.39, 0.29) is 14.1 Å². The third kappa shape index (κ3) is 4.00. The Balaban J connectivity index is 1.68. The molecule has 0 bridgehead atoms. The maximum absolute atomic E-state index is 11.8. The number of amides is 1. The Kier molecular flexibility index (Phi) is 5.32.